The fraction of sp³-hybridized carbons (Fsp3) is 0.615. The molecule has 0 aliphatic carbocycles. The molecule has 2 heterocycles. The van der Waals surface area contributed by atoms with Gasteiger partial charge in [-0.05, 0) is 19.3 Å². The summed E-state index contributed by atoms with van der Waals surface area (Å²) in [5, 5.41) is 5.31. The van der Waals surface area contributed by atoms with E-state index in [-0.39, 0.29) is 6.10 Å². The average molecular weight is 283 g/mol. The summed E-state index contributed by atoms with van der Waals surface area (Å²) in [6.45, 7) is 6.78. The van der Waals surface area contributed by atoms with E-state index in [9.17, 15) is 0 Å². The zero-order chi connectivity index (χ0) is 14.0. The molecule has 0 aliphatic rings. The van der Waals surface area contributed by atoms with Crippen LogP contribution in [-0.4, -0.2) is 25.9 Å². The van der Waals surface area contributed by atoms with Gasteiger partial charge in [-0.1, -0.05) is 25.4 Å². The van der Waals surface area contributed by atoms with E-state index in [0.29, 0.717) is 23.5 Å². The minimum absolute atomic E-state index is 0.185. The molecule has 6 heteroatoms. The molecule has 0 amide bonds. The van der Waals surface area contributed by atoms with Crippen LogP contribution in [0.5, 0.6) is 0 Å². The highest BCUT2D eigenvalue weighted by atomic mass is 35.5. The van der Waals surface area contributed by atoms with Gasteiger partial charge in [0.15, 0.2) is 11.5 Å². The Morgan fingerprint density at radius 3 is 2.74 bits per heavy atom. The SMILES string of the molecule is CC(C)CC(C)OCc1nc(Cl)c2cnn(C)c2n1. The molecule has 1 unspecified atom stereocenters. The highest BCUT2D eigenvalue weighted by molar-refractivity contribution is 6.33. The largest absolute Gasteiger partial charge is 0.371 e. The summed E-state index contributed by atoms with van der Waals surface area (Å²) in [4.78, 5) is 8.67. The van der Waals surface area contributed by atoms with Crippen molar-refractivity contribution < 1.29 is 4.74 Å². The zero-order valence-electron chi connectivity index (χ0n) is 11.7. The van der Waals surface area contributed by atoms with Crippen LogP contribution in [0.15, 0.2) is 6.20 Å². The van der Waals surface area contributed by atoms with Crippen LogP contribution in [0.2, 0.25) is 5.15 Å². The second-order valence-electron chi connectivity index (χ2n) is 5.19. The fourth-order valence-electron chi connectivity index (χ4n) is 2.04. The molecular formula is C13H19ClN4O. The lowest BCUT2D eigenvalue weighted by Crippen LogP contribution is -2.12. The minimum Gasteiger partial charge on any atom is -0.371 e. The van der Waals surface area contributed by atoms with Gasteiger partial charge >= 0.3 is 0 Å². The molecule has 0 N–H and O–H groups in total. The van der Waals surface area contributed by atoms with E-state index in [1.165, 1.54) is 0 Å². The van der Waals surface area contributed by atoms with E-state index in [0.717, 1.165) is 17.5 Å². The summed E-state index contributed by atoms with van der Waals surface area (Å²) in [5.41, 5.74) is 0.732. The molecule has 2 aromatic heterocycles. The second-order valence-corrected chi connectivity index (χ2v) is 5.55. The molecule has 0 aromatic carbocycles. The molecule has 0 bridgehead atoms. The molecule has 2 aromatic rings. The van der Waals surface area contributed by atoms with Crippen molar-refractivity contribution in [1.82, 2.24) is 19.7 Å². The van der Waals surface area contributed by atoms with Crippen molar-refractivity contribution in [3.8, 4) is 0 Å². The van der Waals surface area contributed by atoms with Crippen molar-refractivity contribution in [2.75, 3.05) is 0 Å². The van der Waals surface area contributed by atoms with Crippen molar-refractivity contribution in [3.05, 3.63) is 17.2 Å². The quantitative estimate of drug-likeness (QED) is 0.791. The smallest absolute Gasteiger partial charge is 0.162 e. The summed E-state index contributed by atoms with van der Waals surface area (Å²) in [5.74, 6) is 1.20. The lowest BCUT2D eigenvalue weighted by molar-refractivity contribution is 0.0360. The van der Waals surface area contributed by atoms with Gasteiger partial charge < -0.3 is 4.74 Å². The monoisotopic (exact) mass is 282 g/mol. The van der Waals surface area contributed by atoms with Gasteiger partial charge in [0.05, 0.1) is 17.7 Å². The van der Waals surface area contributed by atoms with Gasteiger partial charge in [-0.15, -0.1) is 0 Å². The van der Waals surface area contributed by atoms with Gasteiger partial charge in [0.25, 0.3) is 0 Å². The number of aryl methyl sites for hydroxylation is 1. The van der Waals surface area contributed by atoms with E-state index in [4.69, 9.17) is 16.3 Å². The lowest BCUT2D eigenvalue weighted by atomic mass is 10.1. The maximum Gasteiger partial charge on any atom is 0.162 e. The number of aromatic nitrogens is 4. The Morgan fingerprint density at radius 1 is 1.32 bits per heavy atom. The van der Waals surface area contributed by atoms with E-state index in [1.54, 1.807) is 10.9 Å². The third kappa shape index (κ3) is 3.42. The number of hydrogen-bond donors (Lipinski definition) is 0. The predicted octanol–water partition coefficient (Wildman–Crippen LogP) is 2.97. The van der Waals surface area contributed by atoms with Crippen LogP contribution in [-0.2, 0) is 18.4 Å². The highest BCUT2D eigenvalue weighted by Crippen LogP contribution is 2.19. The highest BCUT2D eigenvalue weighted by Gasteiger charge is 2.11. The van der Waals surface area contributed by atoms with Crippen LogP contribution < -0.4 is 0 Å². The van der Waals surface area contributed by atoms with E-state index >= 15 is 0 Å². The lowest BCUT2D eigenvalue weighted by Gasteiger charge is -2.14. The summed E-state index contributed by atoms with van der Waals surface area (Å²) in [6, 6.07) is 0. The second kappa shape index (κ2) is 5.84. The molecule has 0 spiro atoms. The van der Waals surface area contributed by atoms with Gasteiger partial charge in [-0.3, -0.25) is 4.68 Å². The van der Waals surface area contributed by atoms with Gasteiger partial charge in [0.2, 0.25) is 0 Å². The summed E-state index contributed by atoms with van der Waals surface area (Å²) >= 11 is 6.12. The normalized spacial score (nSPS) is 13.4. The van der Waals surface area contributed by atoms with E-state index in [2.05, 4.69) is 35.8 Å². The Balaban J connectivity index is 2.11. The maximum atomic E-state index is 6.12. The molecule has 0 radical (unpaired) electrons. The number of fused-ring (bicyclic) bond motifs is 1. The van der Waals surface area contributed by atoms with E-state index < -0.39 is 0 Å². The average Bonchev–Trinajstić information content (AvgIpc) is 2.68. The van der Waals surface area contributed by atoms with Gasteiger partial charge in [0.1, 0.15) is 11.8 Å². The number of ether oxygens (including phenoxy) is 1. The van der Waals surface area contributed by atoms with Gasteiger partial charge in [-0.25, -0.2) is 9.97 Å². The molecule has 0 saturated heterocycles. The van der Waals surface area contributed by atoms with Crippen molar-refractivity contribution in [2.24, 2.45) is 13.0 Å². The first-order valence-electron chi connectivity index (χ1n) is 6.43. The van der Waals surface area contributed by atoms with Gasteiger partial charge in [0, 0.05) is 7.05 Å². The molecule has 19 heavy (non-hydrogen) atoms. The van der Waals surface area contributed by atoms with Crippen molar-refractivity contribution >= 4 is 22.6 Å². The molecule has 1 atom stereocenters. The Morgan fingerprint density at radius 2 is 2.05 bits per heavy atom. The fourth-order valence-corrected chi connectivity index (χ4v) is 2.27. The van der Waals surface area contributed by atoms with Crippen LogP contribution >= 0.6 is 11.6 Å². The van der Waals surface area contributed by atoms with Gasteiger partial charge in [-0.2, -0.15) is 5.10 Å². The zero-order valence-corrected chi connectivity index (χ0v) is 12.5. The first-order chi connectivity index (χ1) is 8.97. The Labute approximate surface area is 117 Å². The number of nitrogens with zero attached hydrogens (tertiary/aromatic N) is 4. The molecule has 0 fully saturated rings. The first-order valence-corrected chi connectivity index (χ1v) is 6.81. The Hall–Kier alpha value is -1.20. The van der Waals surface area contributed by atoms with Crippen LogP contribution in [0.3, 0.4) is 0 Å². The third-order valence-electron chi connectivity index (χ3n) is 2.89. The van der Waals surface area contributed by atoms with Crippen LogP contribution in [0.25, 0.3) is 11.0 Å². The molecule has 2 rings (SSSR count). The number of rotatable bonds is 5. The van der Waals surface area contributed by atoms with Crippen LogP contribution in [0.4, 0.5) is 0 Å². The van der Waals surface area contributed by atoms with Crippen molar-refractivity contribution in [1.29, 1.82) is 0 Å². The van der Waals surface area contributed by atoms with Crippen molar-refractivity contribution in [2.45, 2.75) is 39.9 Å². The Kier molecular flexibility index (Phi) is 4.37. The standard InChI is InChI=1S/C13H19ClN4O/c1-8(2)5-9(3)19-7-11-16-12(14)10-6-15-18(4)13(10)17-11/h6,8-9H,5,7H2,1-4H3. The van der Waals surface area contributed by atoms with Crippen LogP contribution in [0, 0.1) is 5.92 Å². The molecule has 104 valence electrons. The Bertz CT molecular complexity index is 567. The topological polar surface area (TPSA) is 52.8 Å². The molecule has 5 nitrogen and oxygen atoms in total. The molecule has 0 aliphatic heterocycles. The van der Waals surface area contributed by atoms with E-state index in [1.807, 2.05) is 7.05 Å². The predicted molar refractivity (Wildman–Crippen MR) is 75.0 cm³/mol. The summed E-state index contributed by atoms with van der Waals surface area (Å²) in [6.07, 6.45) is 2.87. The minimum atomic E-state index is 0.185. The van der Waals surface area contributed by atoms with Crippen LogP contribution in [0.1, 0.15) is 33.0 Å². The maximum absolute atomic E-state index is 6.12. The number of hydrogen-bond acceptors (Lipinski definition) is 4. The molecular weight excluding hydrogens is 264 g/mol. The number of halogens is 1. The third-order valence-corrected chi connectivity index (χ3v) is 3.18. The van der Waals surface area contributed by atoms with Crippen molar-refractivity contribution in [3.63, 3.8) is 0 Å². The summed E-state index contributed by atoms with van der Waals surface area (Å²) < 4.78 is 7.43. The first kappa shape index (κ1) is 14.2. The summed E-state index contributed by atoms with van der Waals surface area (Å²) in [7, 11) is 1.83. The molecule has 0 saturated carbocycles.